The molecule has 1 aliphatic carbocycles. The maximum atomic E-state index is 14.1. The van der Waals surface area contributed by atoms with Gasteiger partial charge >= 0.3 is 0 Å². The molecule has 6 heteroatoms. The number of hydrogen-bond donors (Lipinski definition) is 4. The van der Waals surface area contributed by atoms with Crippen LogP contribution in [-0.2, 0) is 5.60 Å². The van der Waals surface area contributed by atoms with Crippen molar-refractivity contribution in [1.82, 2.24) is 4.98 Å². The summed E-state index contributed by atoms with van der Waals surface area (Å²) in [5, 5.41) is 38.1. The van der Waals surface area contributed by atoms with Gasteiger partial charge in [0.15, 0.2) is 0 Å². The summed E-state index contributed by atoms with van der Waals surface area (Å²) < 4.78 is 14.1. The average Bonchev–Trinajstić information content (AvgIpc) is 2.24. The largest absolute Gasteiger partial charge is 0.383 e. The standard InChI is InChI=1S/C14H20FNO4/c1-8(2)9-4-10(15)11(16-5-9)13(17)6-12(3,7-13)14(18,19)20/h4-5,8,17-20H,6-7H2,1-3H3. The lowest BCUT2D eigenvalue weighted by atomic mass is 9.57. The highest BCUT2D eigenvalue weighted by Gasteiger charge is 2.62. The van der Waals surface area contributed by atoms with Crippen molar-refractivity contribution in [3.63, 3.8) is 0 Å². The summed E-state index contributed by atoms with van der Waals surface area (Å²) >= 11 is 0. The zero-order valence-corrected chi connectivity index (χ0v) is 11.8. The molecule has 0 aromatic carbocycles. The molecule has 1 heterocycles. The van der Waals surface area contributed by atoms with E-state index in [2.05, 4.69) is 4.98 Å². The highest BCUT2D eigenvalue weighted by atomic mass is 19.1. The van der Waals surface area contributed by atoms with Crippen LogP contribution < -0.4 is 0 Å². The van der Waals surface area contributed by atoms with Crippen molar-refractivity contribution in [2.75, 3.05) is 0 Å². The average molecular weight is 285 g/mol. The van der Waals surface area contributed by atoms with E-state index < -0.39 is 22.8 Å². The summed E-state index contributed by atoms with van der Waals surface area (Å²) in [6, 6.07) is 1.32. The summed E-state index contributed by atoms with van der Waals surface area (Å²) in [6.45, 7) is 5.22. The fourth-order valence-corrected chi connectivity index (χ4v) is 2.75. The Morgan fingerprint density at radius 3 is 2.25 bits per heavy atom. The van der Waals surface area contributed by atoms with Gasteiger partial charge in [0.2, 0.25) is 0 Å². The molecule has 2 rings (SSSR count). The molecule has 0 saturated heterocycles. The van der Waals surface area contributed by atoms with Crippen molar-refractivity contribution < 1.29 is 24.8 Å². The highest BCUT2D eigenvalue weighted by Crippen LogP contribution is 2.57. The number of aromatic nitrogens is 1. The molecule has 1 aromatic rings. The minimum Gasteiger partial charge on any atom is -0.383 e. The summed E-state index contributed by atoms with van der Waals surface area (Å²) in [7, 11) is 0. The van der Waals surface area contributed by atoms with Crippen LogP contribution in [0.2, 0.25) is 0 Å². The van der Waals surface area contributed by atoms with Gasteiger partial charge in [0, 0.05) is 6.20 Å². The molecular formula is C14H20FNO4. The van der Waals surface area contributed by atoms with Crippen LogP contribution in [0.5, 0.6) is 0 Å². The van der Waals surface area contributed by atoms with Gasteiger partial charge in [0.05, 0.1) is 5.41 Å². The van der Waals surface area contributed by atoms with E-state index in [1.165, 1.54) is 19.2 Å². The van der Waals surface area contributed by atoms with Gasteiger partial charge in [-0.25, -0.2) is 4.39 Å². The number of hydrogen-bond acceptors (Lipinski definition) is 5. The number of halogens is 1. The molecule has 112 valence electrons. The fraction of sp³-hybridized carbons (Fsp3) is 0.643. The molecule has 4 N–H and O–H groups in total. The van der Waals surface area contributed by atoms with Gasteiger partial charge in [-0.15, -0.1) is 0 Å². The molecule has 0 bridgehead atoms. The summed E-state index contributed by atoms with van der Waals surface area (Å²) in [5.74, 6) is -3.42. The Labute approximate surface area is 116 Å². The van der Waals surface area contributed by atoms with Crippen LogP contribution >= 0.6 is 0 Å². The minimum atomic E-state index is -2.91. The molecule has 1 aliphatic rings. The second-order valence-electron chi connectivity index (χ2n) is 6.33. The lowest BCUT2D eigenvalue weighted by Crippen LogP contribution is -2.60. The Hall–Kier alpha value is -1.08. The third-order valence-corrected chi connectivity index (χ3v) is 4.14. The van der Waals surface area contributed by atoms with Gasteiger partial charge < -0.3 is 20.4 Å². The third kappa shape index (κ3) is 2.33. The van der Waals surface area contributed by atoms with Gasteiger partial charge in [-0.3, -0.25) is 4.98 Å². The van der Waals surface area contributed by atoms with Crippen molar-refractivity contribution in [2.45, 2.75) is 51.1 Å². The van der Waals surface area contributed by atoms with Gasteiger partial charge in [-0.05, 0) is 30.4 Å². The van der Waals surface area contributed by atoms with Gasteiger partial charge in [0.1, 0.15) is 17.1 Å². The van der Waals surface area contributed by atoms with E-state index in [4.69, 9.17) is 0 Å². The topological polar surface area (TPSA) is 93.8 Å². The Kier molecular flexibility index (Phi) is 3.41. The van der Waals surface area contributed by atoms with Crippen molar-refractivity contribution >= 4 is 0 Å². The maximum absolute atomic E-state index is 14.1. The Morgan fingerprint density at radius 1 is 1.30 bits per heavy atom. The zero-order valence-electron chi connectivity index (χ0n) is 11.8. The first-order valence-electron chi connectivity index (χ1n) is 6.54. The first-order chi connectivity index (χ1) is 8.98. The quantitative estimate of drug-likeness (QED) is 0.621. The molecule has 5 nitrogen and oxygen atoms in total. The lowest BCUT2D eigenvalue weighted by Gasteiger charge is -2.54. The van der Waals surface area contributed by atoms with Gasteiger partial charge in [-0.2, -0.15) is 0 Å². The van der Waals surface area contributed by atoms with Crippen LogP contribution in [-0.4, -0.2) is 31.4 Å². The number of nitrogens with zero attached hydrogens (tertiary/aromatic N) is 1. The summed E-state index contributed by atoms with van der Waals surface area (Å²) in [4.78, 5) is 3.97. The SMILES string of the molecule is CC(C)c1cnc(C2(O)CC(C)(C(O)(O)O)C2)c(F)c1. The molecule has 20 heavy (non-hydrogen) atoms. The highest BCUT2D eigenvalue weighted by molar-refractivity contribution is 5.26. The zero-order chi connectivity index (χ0) is 15.3. The normalized spacial score (nSPS) is 30.4. The van der Waals surface area contributed by atoms with Crippen LogP contribution in [0.4, 0.5) is 4.39 Å². The molecule has 0 atom stereocenters. The molecular weight excluding hydrogens is 265 g/mol. The Balaban J connectivity index is 2.27. The molecule has 0 unspecified atom stereocenters. The van der Waals surface area contributed by atoms with E-state index in [1.807, 2.05) is 13.8 Å². The molecule has 0 spiro atoms. The van der Waals surface area contributed by atoms with E-state index in [9.17, 15) is 24.8 Å². The van der Waals surface area contributed by atoms with Crippen molar-refractivity contribution in [3.05, 3.63) is 29.3 Å². The van der Waals surface area contributed by atoms with E-state index >= 15 is 0 Å². The van der Waals surface area contributed by atoms with E-state index in [-0.39, 0.29) is 24.5 Å². The van der Waals surface area contributed by atoms with Gasteiger partial charge in [0.25, 0.3) is 5.97 Å². The van der Waals surface area contributed by atoms with Crippen molar-refractivity contribution in [1.29, 1.82) is 0 Å². The second-order valence-corrected chi connectivity index (χ2v) is 6.33. The van der Waals surface area contributed by atoms with Crippen LogP contribution in [0.25, 0.3) is 0 Å². The number of pyridine rings is 1. The third-order valence-electron chi connectivity index (χ3n) is 4.14. The van der Waals surface area contributed by atoms with E-state index in [1.54, 1.807) is 0 Å². The predicted molar refractivity (Wildman–Crippen MR) is 68.9 cm³/mol. The van der Waals surface area contributed by atoms with Gasteiger partial charge in [-0.1, -0.05) is 20.8 Å². The lowest BCUT2D eigenvalue weighted by molar-refractivity contribution is -0.407. The molecule has 0 amide bonds. The van der Waals surface area contributed by atoms with Crippen LogP contribution in [0.3, 0.4) is 0 Å². The molecule has 1 fully saturated rings. The molecule has 0 radical (unpaired) electrons. The van der Waals surface area contributed by atoms with E-state index in [0.29, 0.717) is 0 Å². The Bertz CT molecular complexity index is 518. The monoisotopic (exact) mass is 285 g/mol. The predicted octanol–water partition coefficient (Wildman–Crippen LogP) is 0.962. The second kappa shape index (κ2) is 4.46. The number of rotatable bonds is 3. The van der Waals surface area contributed by atoms with Crippen molar-refractivity contribution in [3.8, 4) is 0 Å². The van der Waals surface area contributed by atoms with Crippen molar-refractivity contribution in [2.24, 2.45) is 5.41 Å². The van der Waals surface area contributed by atoms with Crippen LogP contribution in [0.1, 0.15) is 50.8 Å². The minimum absolute atomic E-state index is 0.118. The van der Waals surface area contributed by atoms with E-state index in [0.717, 1.165) is 5.56 Å². The van der Waals surface area contributed by atoms with Crippen LogP contribution in [0, 0.1) is 11.2 Å². The summed E-state index contributed by atoms with van der Waals surface area (Å²) in [5.41, 5.74) is -2.30. The first kappa shape index (κ1) is 15.3. The molecule has 1 aromatic heterocycles. The van der Waals surface area contributed by atoms with Crippen LogP contribution in [0.15, 0.2) is 12.3 Å². The number of aliphatic hydroxyl groups is 4. The first-order valence-corrected chi connectivity index (χ1v) is 6.54. The summed E-state index contributed by atoms with van der Waals surface area (Å²) in [6.07, 6.45) is 1.13. The fourth-order valence-electron chi connectivity index (χ4n) is 2.75. The molecule has 0 aliphatic heterocycles. The smallest absolute Gasteiger partial charge is 0.281 e. The molecule has 1 saturated carbocycles. The Morgan fingerprint density at radius 2 is 1.85 bits per heavy atom. The maximum Gasteiger partial charge on any atom is 0.281 e.